The fraction of sp³-hybridized carbons (Fsp3) is 0.500. The van der Waals surface area contributed by atoms with Crippen molar-refractivity contribution in [3.05, 3.63) is 16.1 Å². The predicted molar refractivity (Wildman–Crippen MR) is 80.0 cm³/mol. The molecule has 0 fully saturated rings. The van der Waals surface area contributed by atoms with E-state index in [1.165, 1.54) is 0 Å². The average molecular weight is 305 g/mol. The summed E-state index contributed by atoms with van der Waals surface area (Å²) in [6.07, 6.45) is 1.96. The van der Waals surface area contributed by atoms with E-state index in [0.717, 1.165) is 19.4 Å². The van der Waals surface area contributed by atoms with Gasteiger partial charge in [-0.05, 0) is 25.8 Å². The van der Waals surface area contributed by atoms with Crippen molar-refractivity contribution in [1.29, 1.82) is 0 Å². The molecule has 1 rings (SSSR count). The van der Waals surface area contributed by atoms with Crippen LogP contribution < -0.4 is 16.4 Å². The zero-order valence-corrected chi connectivity index (χ0v) is 12.3. The molecule has 0 saturated carbocycles. The van der Waals surface area contributed by atoms with Crippen molar-refractivity contribution < 1.29 is 4.79 Å². The van der Waals surface area contributed by atoms with Gasteiger partial charge in [0.05, 0.1) is 10.0 Å². The van der Waals surface area contributed by atoms with Crippen molar-refractivity contribution in [2.75, 3.05) is 23.7 Å². The van der Waals surface area contributed by atoms with E-state index in [-0.39, 0.29) is 5.91 Å². The number of unbranched alkanes of at least 4 members (excludes halogenated alkanes) is 1. The maximum absolute atomic E-state index is 10.6. The quantitative estimate of drug-likeness (QED) is 0.645. The van der Waals surface area contributed by atoms with Gasteiger partial charge in [0.2, 0.25) is 5.91 Å². The zero-order valence-electron chi connectivity index (χ0n) is 10.8. The number of carbonyl (C=O) groups is 1. The van der Waals surface area contributed by atoms with E-state index in [1.807, 2.05) is 6.92 Å². The molecule has 19 heavy (non-hydrogen) atoms. The molecule has 0 bridgehead atoms. The summed E-state index contributed by atoms with van der Waals surface area (Å²) >= 11 is 12.1. The van der Waals surface area contributed by atoms with Gasteiger partial charge < -0.3 is 16.4 Å². The third-order valence-electron chi connectivity index (χ3n) is 2.42. The Morgan fingerprint density at radius 2 is 1.89 bits per heavy atom. The van der Waals surface area contributed by atoms with Crippen molar-refractivity contribution >= 4 is 40.7 Å². The fourth-order valence-corrected chi connectivity index (χ4v) is 2.01. The lowest BCUT2D eigenvalue weighted by Crippen LogP contribution is -2.11. The Balaban J connectivity index is 2.52. The Morgan fingerprint density at radius 1 is 1.26 bits per heavy atom. The van der Waals surface area contributed by atoms with Crippen molar-refractivity contribution in [2.24, 2.45) is 5.73 Å². The molecule has 0 spiro atoms. The minimum Gasteiger partial charge on any atom is -0.370 e. The lowest BCUT2D eigenvalue weighted by Gasteiger charge is -2.11. The topological polar surface area (TPSA) is 80.0 Å². The first-order valence-corrected chi connectivity index (χ1v) is 6.92. The molecular weight excluding hydrogens is 287 g/mol. The number of carbonyl (C=O) groups excluding carboxylic acids is 1. The van der Waals surface area contributed by atoms with Gasteiger partial charge in [-0.3, -0.25) is 4.79 Å². The van der Waals surface area contributed by atoms with Crippen LogP contribution in [0.1, 0.15) is 26.2 Å². The normalized spacial score (nSPS) is 10.3. The minimum absolute atomic E-state index is 0.280. The Morgan fingerprint density at radius 3 is 2.47 bits per heavy atom. The molecule has 0 unspecified atom stereocenters. The third kappa shape index (κ3) is 5.53. The van der Waals surface area contributed by atoms with Crippen LogP contribution >= 0.6 is 23.2 Å². The molecule has 0 atom stereocenters. The molecule has 7 heteroatoms. The highest BCUT2D eigenvalue weighted by molar-refractivity contribution is 6.37. The first kappa shape index (κ1) is 15.9. The van der Waals surface area contributed by atoms with Crippen LogP contribution in [0.2, 0.25) is 10.0 Å². The number of rotatable bonds is 8. The third-order valence-corrected chi connectivity index (χ3v) is 2.99. The summed E-state index contributed by atoms with van der Waals surface area (Å²) in [5.74, 6) is 0.909. The van der Waals surface area contributed by atoms with Crippen LogP contribution in [0.15, 0.2) is 6.07 Å². The smallest absolute Gasteiger partial charge is 0.217 e. The number of amides is 1. The van der Waals surface area contributed by atoms with Crippen LogP contribution in [0, 0.1) is 0 Å². The van der Waals surface area contributed by atoms with Crippen molar-refractivity contribution in [1.82, 2.24) is 4.98 Å². The Bertz CT molecular complexity index is 440. The standard InChI is InChI=1S/C12H18Cl2N4O/c1-2-16-11-8(13)7-9(14)12(18-11)17-6-4-3-5-10(15)19/h7H,2-6H2,1H3,(H2,15,19)(H2,16,17,18). The van der Waals surface area contributed by atoms with Gasteiger partial charge in [0.25, 0.3) is 0 Å². The van der Waals surface area contributed by atoms with Crippen molar-refractivity contribution in [3.63, 3.8) is 0 Å². The van der Waals surface area contributed by atoms with E-state index in [2.05, 4.69) is 15.6 Å². The molecule has 0 aliphatic carbocycles. The number of pyridine rings is 1. The van der Waals surface area contributed by atoms with Gasteiger partial charge >= 0.3 is 0 Å². The Kier molecular flexibility index (Phi) is 6.73. The predicted octanol–water partition coefficient (Wildman–Crippen LogP) is 2.89. The summed E-state index contributed by atoms with van der Waals surface area (Å²) in [5.41, 5.74) is 5.06. The highest BCUT2D eigenvalue weighted by Gasteiger charge is 2.08. The second kappa shape index (κ2) is 8.07. The molecule has 0 aliphatic rings. The maximum Gasteiger partial charge on any atom is 0.217 e. The van der Waals surface area contributed by atoms with E-state index in [4.69, 9.17) is 28.9 Å². The van der Waals surface area contributed by atoms with Crippen LogP contribution in [0.3, 0.4) is 0 Å². The number of hydrogen-bond acceptors (Lipinski definition) is 4. The number of primary amides is 1. The number of nitrogens with zero attached hydrogens (tertiary/aromatic N) is 1. The molecule has 106 valence electrons. The Hall–Kier alpha value is -1.20. The van der Waals surface area contributed by atoms with Gasteiger partial charge in [-0.25, -0.2) is 4.98 Å². The lowest BCUT2D eigenvalue weighted by molar-refractivity contribution is -0.118. The molecule has 1 aromatic heterocycles. The fourth-order valence-electron chi connectivity index (χ4n) is 1.51. The van der Waals surface area contributed by atoms with Gasteiger partial charge in [0.1, 0.15) is 11.6 Å². The maximum atomic E-state index is 10.6. The van der Waals surface area contributed by atoms with E-state index < -0.39 is 0 Å². The first-order valence-electron chi connectivity index (χ1n) is 6.16. The summed E-state index contributed by atoms with van der Waals surface area (Å²) in [4.78, 5) is 14.9. The zero-order chi connectivity index (χ0) is 14.3. The number of nitrogens with two attached hydrogens (primary N) is 1. The highest BCUT2D eigenvalue weighted by Crippen LogP contribution is 2.29. The molecule has 4 N–H and O–H groups in total. The molecule has 1 aromatic rings. The molecule has 0 aliphatic heterocycles. The van der Waals surface area contributed by atoms with Crippen molar-refractivity contribution in [3.8, 4) is 0 Å². The lowest BCUT2D eigenvalue weighted by atomic mass is 10.2. The van der Waals surface area contributed by atoms with Crippen LogP contribution in [0.5, 0.6) is 0 Å². The second-order valence-electron chi connectivity index (χ2n) is 4.03. The van der Waals surface area contributed by atoms with Gasteiger partial charge in [0, 0.05) is 19.5 Å². The summed E-state index contributed by atoms with van der Waals surface area (Å²) in [6.45, 7) is 3.36. The molecule has 0 aromatic carbocycles. The van der Waals surface area contributed by atoms with Crippen LogP contribution in [-0.2, 0) is 4.79 Å². The largest absolute Gasteiger partial charge is 0.370 e. The van der Waals surface area contributed by atoms with Gasteiger partial charge in [-0.15, -0.1) is 0 Å². The monoisotopic (exact) mass is 304 g/mol. The van der Waals surface area contributed by atoms with E-state index in [0.29, 0.717) is 34.6 Å². The summed E-state index contributed by atoms with van der Waals surface area (Å²) in [6, 6.07) is 1.65. The molecule has 0 radical (unpaired) electrons. The molecule has 1 amide bonds. The Labute approximate surface area is 122 Å². The summed E-state index contributed by atoms with van der Waals surface area (Å²) in [7, 11) is 0. The molecule has 1 heterocycles. The molecule has 0 saturated heterocycles. The minimum atomic E-state index is -0.280. The van der Waals surface area contributed by atoms with Crippen LogP contribution in [0.4, 0.5) is 11.6 Å². The number of halogens is 2. The van der Waals surface area contributed by atoms with Gasteiger partial charge in [0.15, 0.2) is 0 Å². The SMILES string of the molecule is CCNc1nc(NCCCCC(N)=O)c(Cl)cc1Cl. The number of aromatic nitrogens is 1. The van der Waals surface area contributed by atoms with Crippen LogP contribution in [-0.4, -0.2) is 24.0 Å². The summed E-state index contributed by atoms with van der Waals surface area (Å²) in [5, 5.41) is 7.14. The second-order valence-corrected chi connectivity index (χ2v) is 4.84. The molecule has 5 nitrogen and oxygen atoms in total. The average Bonchev–Trinajstić information content (AvgIpc) is 2.33. The van der Waals surface area contributed by atoms with Gasteiger partial charge in [-0.2, -0.15) is 0 Å². The van der Waals surface area contributed by atoms with Crippen molar-refractivity contribution in [2.45, 2.75) is 26.2 Å². The van der Waals surface area contributed by atoms with E-state index in [1.54, 1.807) is 6.07 Å². The van der Waals surface area contributed by atoms with Gasteiger partial charge in [-0.1, -0.05) is 23.2 Å². The number of anilines is 2. The number of hydrogen-bond donors (Lipinski definition) is 3. The number of nitrogens with one attached hydrogen (secondary N) is 2. The molecular formula is C12H18Cl2N4O. The highest BCUT2D eigenvalue weighted by atomic mass is 35.5. The summed E-state index contributed by atoms with van der Waals surface area (Å²) < 4.78 is 0. The first-order chi connectivity index (χ1) is 9.04. The van der Waals surface area contributed by atoms with E-state index in [9.17, 15) is 4.79 Å². The van der Waals surface area contributed by atoms with Crippen LogP contribution in [0.25, 0.3) is 0 Å². The van der Waals surface area contributed by atoms with E-state index >= 15 is 0 Å².